The lowest BCUT2D eigenvalue weighted by molar-refractivity contribution is 0.393. The molecule has 2 heterocycles. The Bertz CT molecular complexity index is 707. The highest BCUT2D eigenvalue weighted by molar-refractivity contribution is 7.98. The van der Waals surface area contributed by atoms with Crippen LogP contribution in [0, 0.1) is 6.92 Å². The topological polar surface area (TPSA) is 67.6 Å². The predicted octanol–water partition coefficient (Wildman–Crippen LogP) is 3.71. The monoisotopic (exact) mass is 306 g/mol. The molecule has 0 bridgehead atoms. The molecule has 3 aromatic rings. The number of benzene rings is 1. The predicted molar refractivity (Wildman–Crippen MR) is 77.6 cm³/mol. The number of halogens is 1. The van der Waals surface area contributed by atoms with Crippen LogP contribution in [0.25, 0.3) is 11.4 Å². The van der Waals surface area contributed by atoms with Crippen molar-refractivity contribution in [3.8, 4) is 11.4 Å². The number of aromatic nitrogens is 4. The maximum absolute atomic E-state index is 5.86. The summed E-state index contributed by atoms with van der Waals surface area (Å²) < 4.78 is 5.01. The van der Waals surface area contributed by atoms with Gasteiger partial charge in [0.05, 0.1) is 5.69 Å². The molecular formula is C13H11ClN4OS. The largest absolute Gasteiger partial charge is 0.361 e. The first-order chi connectivity index (χ1) is 9.70. The van der Waals surface area contributed by atoms with Crippen molar-refractivity contribution in [2.45, 2.75) is 17.8 Å². The number of thioether (sulfide) groups is 1. The summed E-state index contributed by atoms with van der Waals surface area (Å²) in [5.74, 6) is 2.20. The molecule has 7 heteroatoms. The summed E-state index contributed by atoms with van der Waals surface area (Å²) in [5, 5.41) is 12.4. The second kappa shape index (κ2) is 5.68. The summed E-state index contributed by atoms with van der Waals surface area (Å²) >= 11 is 7.36. The normalized spacial score (nSPS) is 10.9. The van der Waals surface area contributed by atoms with Crippen molar-refractivity contribution in [2.24, 2.45) is 0 Å². The zero-order valence-corrected chi connectivity index (χ0v) is 12.2. The number of hydrogen-bond acceptors (Lipinski definition) is 5. The second-order valence-corrected chi connectivity index (χ2v) is 5.57. The zero-order valence-electron chi connectivity index (χ0n) is 10.6. The molecule has 0 spiro atoms. The average Bonchev–Trinajstić information content (AvgIpc) is 3.06. The van der Waals surface area contributed by atoms with Crippen LogP contribution in [-0.4, -0.2) is 20.3 Å². The molecule has 0 fully saturated rings. The molecule has 1 aromatic carbocycles. The van der Waals surface area contributed by atoms with Crippen molar-refractivity contribution < 1.29 is 4.52 Å². The number of hydrogen-bond donors (Lipinski definition) is 1. The van der Waals surface area contributed by atoms with Gasteiger partial charge in [0.2, 0.25) is 5.16 Å². The third kappa shape index (κ3) is 3.02. The van der Waals surface area contributed by atoms with Crippen LogP contribution >= 0.6 is 23.4 Å². The Balaban J connectivity index is 1.69. The van der Waals surface area contributed by atoms with Crippen LogP contribution in [0.2, 0.25) is 5.02 Å². The highest BCUT2D eigenvalue weighted by Gasteiger charge is 2.08. The molecule has 0 unspecified atom stereocenters. The van der Waals surface area contributed by atoms with Crippen LogP contribution in [0.1, 0.15) is 11.5 Å². The van der Waals surface area contributed by atoms with Gasteiger partial charge in [0.25, 0.3) is 0 Å². The highest BCUT2D eigenvalue weighted by atomic mass is 35.5. The Morgan fingerprint density at radius 2 is 2.10 bits per heavy atom. The quantitative estimate of drug-likeness (QED) is 0.744. The lowest BCUT2D eigenvalue weighted by Gasteiger charge is -1.95. The van der Waals surface area contributed by atoms with E-state index in [0.29, 0.717) is 15.9 Å². The maximum Gasteiger partial charge on any atom is 0.209 e. The molecule has 1 N–H and O–H groups in total. The van der Waals surface area contributed by atoms with E-state index in [1.54, 1.807) is 0 Å². The molecule has 0 radical (unpaired) electrons. The van der Waals surface area contributed by atoms with Gasteiger partial charge in [-0.15, -0.1) is 5.10 Å². The van der Waals surface area contributed by atoms with Crippen LogP contribution in [0.3, 0.4) is 0 Å². The van der Waals surface area contributed by atoms with Crippen LogP contribution in [0.4, 0.5) is 0 Å². The van der Waals surface area contributed by atoms with E-state index in [0.717, 1.165) is 22.8 Å². The SMILES string of the molecule is Cc1cc(CSc2n[nH]c(-c3ccc(Cl)cc3)n2)no1. The zero-order chi connectivity index (χ0) is 13.9. The first kappa shape index (κ1) is 13.2. The molecular weight excluding hydrogens is 296 g/mol. The smallest absolute Gasteiger partial charge is 0.209 e. The van der Waals surface area contributed by atoms with Crippen molar-refractivity contribution >= 4 is 23.4 Å². The molecule has 0 aliphatic rings. The molecule has 0 aliphatic heterocycles. The lowest BCUT2D eigenvalue weighted by atomic mass is 10.2. The lowest BCUT2D eigenvalue weighted by Crippen LogP contribution is -1.81. The van der Waals surface area contributed by atoms with Crippen LogP contribution in [0.15, 0.2) is 40.0 Å². The molecule has 0 saturated heterocycles. The molecule has 20 heavy (non-hydrogen) atoms. The summed E-state index contributed by atoms with van der Waals surface area (Å²) in [7, 11) is 0. The van der Waals surface area contributed by atoms with Gasteiger partial charge in [-0.05, 0) is 31.2 Å². The second-order valence-electron chi connectivity index (χ2n) is 4.19. The molecule has 0 amide bonds. The van der Waals surface area contributed by atoms with E-state index < -0.39 is 0 Å². The molecule has 0 saturated carbocycles. The number of nitrogens with one attached hydrogen (secondary N) is 1. The summed E-state index contributed by atoms with van der Waals surface area (Å²) in [6.45, 7) is 1.87. The minimum atomic E-state index is 0.676. The number of rotatable bonds is 4. The summed E-state index contributed by atoms with van der Waals surface area (Å²) in [4.78, 5) is 4.43. The minimum absolute atomic E-state index is 0.676. The standard InChI is InChI=1S/C13H11ClN4OS/c1-8-6-11(18-19-8)7-20-13-15-12(16-17-13)9-2-4-10(14)5-3-9/h2-6H,7H2,1H3,(H,15,16,17). The van der Waals surface area contributed by atoms with Gasteiger partial charge < -0.3 is 4.52 Å². The van der Waals surface area contributed by atoms with Crippen LogP contribution in [-0.2, 0) is 5.75 Å². The van der Waals surface area contributed by atoms with Crippen molar-refractivity contribution in [2.75, 3.05) is 0 Å². The van der Waals surface area contributed by atoms with Crippen molar-refractivity contribution in [1.29, 1.82) is 0 Å². The maximum atomic E-state index is 5.86. The Kier molecular flexibility index (Phi) is 3.75. The third-order valence-electron chi connectivity index (χ3n) is 2.61. The van der Waals surface area contributed by atoms with E-state index in [-0.39, 0.29) is 0 Å². The van der Waals surface area contributed by atoms with Crippen molar-refractivity contribution in [1.82, 2.24) is 20.3 Å². The van der Waals surface area contributed by atoms with Gasteiger partial charge in [-0.25, -0.2) is 4.98 Å². The molecule has 0 atom stereocenters. The van der Waals surface area contributed by atoms with E-state index in [1.165, 1.54) is 11.8 Å². The summed E-state index contributed by atoms with van der Waals surface area (Å²) in [6, 6.07) is 9.35. The van der Waals surface area contributed by atoms with Gasteiger partial charge >= 0.3 is 0 Å². The Hall–Kier alpha value is -1.79. The first-order valence-electron chi connectivity index (χ1n) is 5.94. The number of aromatic amines is 1. The number of nitrogens with zero attached hydrogens (tertiary/aromatic N) is 3. The van der Waals surface area contributed by atoms with Crippen LogP contribution in [0.5, 0.6) is 0 Å². The summed E-state index contributed by atoms with van der Waals surface area (Å²) in [5.41, 5.74) is 1.83. The third-order valence-corrected chi connectivity index (χ3v) is 3.74. The van der Waals surface area contributed by atoms with Gasteiger partial charge in [0.15, 0.2) is 5.82 Å². The summed E-state index contributed by atoms with van der Waals surface area (Å²) in [6.07, 6.45) is 0. The van der Waals surface area contributed by atoms with E-state index in [4.69, 9.17) is 16.1 Å². The van der Waals surface area contributed by atoms with Crippen molar-refractivity contribution in [3.05, 3.63) is 46.8 Å². The number of aryl methyl sites for hydroxylation is 1. The molecule has 5 nitrogen and oxygen atoms in total. The van der Waals surface area contributed by atoms with E-state index in [9.17, 15) is 0 Å². The Morgan fingerprint density at radius 3 is 2.80 bits per heavy atom. The average molecular weight is 307 g/mol. The van der Waals surface area contributed by atoms with Gasteiger partial charge in [0, 0.05) is 22.4 Å². The van der Waals surface area contributed by atoms with Gasteiger partial charge in [-0.3, -0.25) is 5.10 Å². The fourth-order valence-corrected chi connectivity index (χ4v) is 2.48. The van der Waals surface area contributed by atoms with Crippen molar-refractivity contribution in [3.63, 3.8) is 0 Å². The highest BCUT2D eigenvalue weighted by Crippen LogP contribution is 2.23. The van der Waals surface area contributed by atoms with Crippen LogP contribution < -0.4 is 0 Å². The fraction of sp³-hybridized carbons (Fsp3) is 0.154. The first-order valence-corrected chi connectivity index (χ1v) is 7.30. The minimum Gasteiger partial charge on any atom is -0.361 e. The molecule has 2 aromatic heterocycles. The molecule has 0 aliphatic carbocycles. The molecule has 3 rings (SSSR count). The van der Waals surface area contributed by atoms with E-state index in [2.05, 4.69) is 20.3 Å². The van der Waals surface area contributed by atoms with Gasteiger partial charge in [-0.2, -0.15) is 0 Å². The Labute approximate surface area is 124 Å². The van der Waals surface area contributed by atoms with Gasteiger partial charge in [0.1, 0.15) is 5.76 Å². The van der Waals surface area contributed by atoms with E-state index in [1.807, 2.05) is 37.3 Å². The van der Waals surface area contributed by atoms with Gasteiger partial charge in [-0.1, -0.05) is 28.5 Å². The Morgan fingerprint density at radius 1 is 1.30 bits per heavy atom. The fourth-order valence-electron chi connectivity index (χ4n) is 1.67. The molecule has 102 valence electrons. The van der Waals surface area contributed by atoms with E-state index >= 15 is 0 Å². The number of H-pyrrole nitrogens is 1.